The molecule has 2 heteroatoms. The maximum absolute atomic E-state index is 2.43. The van der Waals surface area contributed by atoms with Gasteiger partial charge in [-0.15, -0.1) is 0 Å². The van der Waals surface area contributed by atoms with Crippen molar-refractivity contribution in [2.75, 3.05) is 9.80 Å². The van der Waals surface area contributed by atoms with Gasteiger partial charge in [0, 0.05) is 11.9 Å². The fourth-order valence-corrected chi connectivity index (χ4v) is 3.30. The number of para-hydroxylation sites is 2. The highest BCUT2D eigenvalue weighted by molar-refractivity contribution is 5.81. The van der Waals surface area contributed by atoms with E-state index in [-0.39, 0.29) is 6.17 Å². The van der Waals surface area contributed by atoms with Crippen molar-refractivity contribution in [3.05, 3.63) is 77.6 Å². The molecular formula is C19H18N2. The first-order valence-electron chi connectivity index (χ1n) is 7.38. The molecule has 0 N–H and O–H groups in total. The van der Waals surface area contributed by atoms with Crippen LogP contribution in [0.25, 0.3) is 6.08 Å². The van der Waals surface area contributed by atoms with Gasteiger partial charge in [-0.3, -0.25) is 0 Å². The van der Waals surface area contributed by atoms with Crippen LogP contribution in [-0.2, 0) is 0 Å². The number of anilines is 2. The van der Waals surface area contributed by atoms with E-state index >= 15 is 0 Å². The van der Waals surface area contributed by atoms with Crippen LogP contribution in [0.4, 0.5) is 11.4 Å². The first-order chi connectivity index (χ1) is 10.3. The Morgan fingerprint density at radius 3 is 2.52 bits per heavy atom. The molecule has 2 aliphatic heterocycles. The summed E-state index contributed by atoms with van der Waals surface area (Å²) in [5, 5.41) is 0. The number of hydrogen-bond donors (Lipinski definition) is 0. The number of nitrogens with zero attached hydrogens (tertiary/aromatic N) is 2. The Morgan fingerprint density at radius 1 is 0.905 bits per heavy atom. The highest BCUT2D eigenvalue weighted by Gasteiger charge is 2.33. The maximum atomic E-state index is 2.43. The van der Waals surface area contributed by atoms with Gasteiger partial charge in [-0.25, -0.2) is 0 Å². The van der Waals surface area contributed by atoms with Gasteiger partial charge in [-0.05, 0) is 43.2 Å². The minimum absolute atomic E-state index is 0.284. The summed E-state index contributed by atoms with van der Waals surface area (Å²) in [5.41, 5.74) is 6.44. The van der Waals surface area contributed by atoms with Crippen molar-refractivity contribution in [2.24, 2.45) is 0 Å². The summed E-state index contributed by atoms with van der Waals surface area (Å²) in [7, 11) is 0. The van der Waals surface area contributed by atoms with Crippen LogP contribution in [0.2, 0.25) is 0 Å². The number of allylic oxidation sites excluding steroid dienone is 1. The predicted molar refractivity (Wildman–Crippen MR) is 89.2 cm³/mol. The van der Waals surface area contributed by atoms with Gasteiger partial charge in [0.25, 0.3) is 0 Å². The molecular weight excluding hydrogens is 256 g/mol. The van der Waals surface area contributed by atoms with E-state index in [4.69, 9.17) is 0 Å². The van der Waals surface area contributed by atoms with Crippen LogP contribution in [0.5, 0.6) is 0 Å². The molecule has 0 fully saturated rings. The molecule has 2 nitrogen and oxygen atoms in total. The molecule has 104 valence electrons. The Balaban J connectivity index is 1.82. The highest BCUT2D eigenvalue weighted by Crippen LogP contribution is 2.40. The molecule has 0 saturated carbocycles. The van der Waals surface area contributed by atoms with E-state index in [0.29, 0.717) is 0 Å². The topological polar surface area (TPSA) is 6.48 Å². The van der Waals surface area contributed by atoms with E-state index < -0.39 is 0 Å². The average molecular weight is 274 g/mol. The van der Waals surface area contributed by atoms with Crippen LogP contribution in [0.3, 0.4) is 0 Å². The third-order valence-electron chi connectivity index (χ3n) is 4.32. The fraction of sp³-hybridized carbons (Fsp3) is 0.158. The lowest BCUT2D eigenvalue weighted by atomic mass is 10.0. The second-order valence-electron chi connectivity index (χ2n) is 5.64. The number of fused-ring (bicyclic) bond motifs is 3. The molecule has 4 rings (SSSR count). The second kappa shape index (κ2) is 4.52. The fourth-order valence-electron chi connectivity index (χ4n) is 3.30. The van der Waals surface area contributed by atoms with Crippen molar-refractivity contribution < 1.29 is 0 Å². The van der Waals surface area contributed by atoms with Crippen LogP contribution in [0.15, 0.2) is 66.5 Å². The summed E-state index contributed by atoms with van der Waals surface area (Å²) in [6, 6.07) is 17.1. The second-order valence-corrected chi connectivity index (χ2v) is 5.64. The van der Waals surface area contributed by atoms with Gasteiger partial charge in [-0.2, -0.15) is 0 Å². The van der Waals surface area contributed by atoms with Gasteiger partial charge in [0.2, 0.25) is 0 Å². The van der Waals surface area contributed by atoms with E-state index in [1.807, 2.05) is 0 Å². The van der Waals surface area contributed by atoms with Crippen LogP contribution >= 0.6 is 0 Å². The molecule has 2 aliphatic rings. The minimum atomic E-state index is 0.284. The van der Waals surface area contributed by atoms with Crippen molar-refractivity contribution in [3.8, 4) is 0 Å². The lowest BCUT2D eigenvalue weighted by Gasteiger charge is -2.34. The normalized spacial score (nSPS) is 19.3. The Labute approximate surface area is 125 Å². The molecule has 0 bridgehead atoms. The molecule has 0 amide bonds. The highest BCUT2D eigenvalue weighted by atomic mass is 15.4. The number of rotatable bonds is 1. The van der Waals surface area contributed by atoms with Gasteiger partial charge in [0.05, 0.1) is 11.4 Å². The Hall–Kier alpha value is -2.48. The van der Waals surface area contributed by atoms with Crippen molar-refractivity contribution in [2.45, 2.75) is 20.0 Å². The van der Waals surface area contributed by atoms with E-state index in [2.05, 4.69) is 90.5 Å². The van der Waals surface area contributed by atoms with Gasteiger partial charge in [-0.1, -0.05) is 42.5 Å². The Kier molecular flexibility index (Phi) is 2.64. The summed E-state index contributed by atoms with van der Waals surface area (Å²) in [6.07, 6.45) is 6.95. The van der Waals surface area contributed by atoms with Crippen LogP contribution in [-0.4, -0.2) is 6.17 Å². The van der Waals surface area contributed by atoms with Crippen LogP contribution < -0.4 is 9.80 Å². The molecule has 2 aromatic carbocycles. The van der Waals surface area contributed by atoms with Crippen molar-refractivity contribution in [3.63, 3.8) is 0 Å². The summed E-state index contributed by atoms with van der Waals surface area (Å²) in [4.78, 5) is 4.76. The molecule has 0 aromatic heterocycles. The summed E-state index contributed by atoms with van der Waals surface area (Å²) >= 11 is 0. The first kappa shape index (κ1) is 12.3. The van der Waals surface area contributed by atoms with Crippen LogP contribution in [0, 0.1) is 6.92 Å². The number of aryl methyl sites for hydroxylation is 1. The molecule has 0 radical (unpaired) electrons. The lowest BCUT2D eigenvalue weighted by molar-refractivity contribution is 0.739. The van der Waals surface area contributed by atoms with Crippen molar-refractivity contribution >= 4 is 17.5 Å². The molecule has 0 spiro atoms. The van der Waals surface area contributed by atoms with E-state index in [1.165, 1.54) is 28.2 Å². The van der Waals surface area contributed by atoms with Gasteiger partial charge in [0.15, 0.2) is 0 Å². The summed E-state index contributed by atoms with van der Waals surface area (Å²) in [6.45, 7) is 4.44. The molecule has 1 unspecified atom stereocenters. The van der Waals surface area contributed by atoms with Crippen molar-refractivity contribution in [1.29, 1.82) is 0 Å². The monoisotopic (exact) mass is 274 g/mol. The summed E-state index contributed by atoms with van der Waals surface area (Å²) in [5.74, 6) is 0. The maximum Gasteiger partial charge on any atom is 0.108 e. The average Bonchev–Trinajstić information content (AvgIpc) is 2.86. The zero-order valence-electron chi connectivity index (χ0n) is 12.3. The Morgan fingerprint density at radius 2 is 1.71 bits per heavy atom. The smallest absolute Gasteiger partial charge is 0.108 e. The molecule has 1 atom stereocenters. The van der Waals surface area contributed by atoms with E-state index in [9.17, 15) is 0 Å². The van der Waals surface area contributed by atoms with Crippen molar-refractivity contribution in [1.82, 2.24) is 0 Å². The van der Waals surface area contributed by atoms with Gasteiger partial charge >= 0.3 is 0 Å². The largest absolute Gasteiger partial charge is 0.325 e. The Bertz CT molecular complexity index is 743. The SMILES string of the molecule is Cc1cccc2c1N1C(=CN(c3ccccc3)C1C)C=C2. The van der Waals surface area contributed by atoms with Gasteiger partial charge < -0.3 is 9.80 Å². The first-order valence-corrected chi connectivity index (χ1v) is 7.38. The summed E-state index contributed by atoms with van der Waals surface area (Å²) < 4.78 is 0. The molecule has 0 saturated heterocycles. The zero-order chi connectivity index (χ0) is 14.4. The molecule has 2 heterocycles. The molecule has 2 aromatic rings. The lowest BCUT2D eigenvalue weighted by Crippen LogP contribution is -2.38. The van der Waals surface area contributed by atoms with E-state index in [0.717, 1.165) is 0 Å². The number of hydrogen-bond acceptors (Lipinski definition) is 2. The zero-order valence-corrected chi connectivity index (χ0v) is 12.3. The standard InChI is InChI=1S/C19H18N2/c1-14-7-6-8-16-11-12-18-13-20(15(2)21(18)19(14)16)17-9-4-3-5-10-17/h3-13,15H,1-2H3. The third-order valence-corrected chi connectivity index (χ3v) is 4.32. The van der Waals surface area contributed by atoms with Crippen LogP contribution in [0.1, 0.15) is 18.1 Å². The quantitative estimate of drug-likeness (QED) is 0.753. The third kappa shape index (κ3) is 1.79. The van der Waals surface area contributed by atoms with E-state index in [1.54, 1.807) is 0 Å². The number of benzene rings is 2. The predicted octanol–water partition coefficient (Wildman–Crippen LogP) is 4.54. The molecule has 21 heavy (non-hydrogen) atoms. The van der Waals surface area contributed by atoms with Gasteiger partial charge in [0.1, 0.15) is 6.17 Å². The minimum Gasteiger partial charge on any atom is -0.325 e. The molecule has 0 aliphatic carbocycles.